The molecule has 2 aromatic rings. The standard InChI is InChI=1S/C18H16F3N3O/c1-17(2)10-24(23-16(17)25)15(18(19,20)21)13-8-7-11-5-3-4-6-12(11)14(13)9-22/h3-8,15H,10H2,1-2H3,(H,23,25). The first-order valence-corrected chi connectivity index (χ1v) is 7.71. The maximum Gasteiger partial charge on any atom is 0.409 e. The van der Waals surface area contributed by atoms with Gasteiger partial charge in [0.2, 0.25) is 5.91 Å². The largest absolute Gasteiger partial charge is 0.409 e. The van der Waals surface area contributed by atoms with Gasteiger partial charge in [-0.05, 0) is 30.2 Å². The number of nitrogens with zero attached hydrogens (tertiary/aromatic N) is 2. The minimum atomic E-state index is -4.65. The molecule has 1 saturated heterocycles. The average molecular weight is 347 g/mol. The number of hydrazine groups is 1. The number of nitriles is 1. The number of carbonyl (C=O) groups excluding carboxylic acids is 1. The molecule has 1 heterocycles. The number of benzene rings is 2. The second-order valence-electron chi connectivity index (χ2n) is 6.76. The van der Waals surface area contributed by atoms with Crippen LogP contribution in [0, 0.1) is 16.7 Å². The smallest absolute Gasteiger partial charge is 0.287 e. The van der Waals surface area contributed by atoms with Crippen LogP contribution in [0.4, 0.5) is 13.2 Å². The monoisotopic (exact) mass is 347 g/mol. The predicted molar refractivity (Wildman–Crippen MR) is 86.1 cm³/mol. The number of rotatable bonds is 2. The van der Waals surface area contributed by atoms with Crippen molar-refractivity contribution in [3.8, 4) is 6.07 Å². The van der Waals surface area contributed by atoms with Crippen molar-refractivity contribution in [3.05, 3.63) is 47.5 Å². The van der Waals surface area contributed by atoms with Gasteiger partial charge >= 0.3 is 6.18 Å². The SMILES string of the molecule is CC1(C)CN(C(c2ccc3ccccc3c2C#N)C(F)(F)F)NC1=O. The zero-order valence-corrected chi connectivity index (χ0v) is 13.7. The number of carbonyl (C=O) groups is 1. The first kappa shape index (κ1) is 17.2. The Morgan fingerprint density at radius 1 is 1.24 bits per heavy atom. The Labute approximate surface area is 142 Å². The van der Waals surface area contributed by atoms with Gasteiger partial charge in [-0.1, -0.05) is 36.4 Å². The normalized spacial score (nSPS) is 18.8. The molecular weight excluding hydrogens is 331 g/mol. The second-order valence-corrected chi connectivity index (χ2v) is 6.76. The van der Waals surface area contributed by atoms with Crippen molar-refractivity contribution >= 4 is 16.7 Å². The van der Waals surface area contributed by atoms with Gasteiger partial charge < -0.3 is 0 Å². The van der Waals surface area contributed by atoms with Crippen LogP contribution in [0.25, 0.3) is 10.8 Å². The van der Waals surface area contributed by atoms with Gasteiger partial charge in [-0.3, -0.25) is 10.2 Å². The number of hydrogen-bond donors (Lipinski definition) is 1. The Morgan fingerprint density at radius 3 is 2.48 bits per heavy atom. The van der Waals surface area contributed by atoms with Crippen molar-refractivity contribution in [2.75, 3.05) is 6.54 Å². The van der Waals surface area contributed by atoms with Crippen LogP contribution >= 0.6 is 0 Å². The van der Waals surface area contributed by atoms with E-state index in [1.807, 2.05) is 6.07 Å². The maximum atomic E-state index is 13.9. The highest BCUT2D eigenvalue weighted by Gasteiger charge is 2.51. The van der Waals surface area contributed by atoms with E-state index in [1.54, 1.807) is 44.2 Å². The lowest BCUT2D eigenvalue weighted by molar-refractivity contribution is -0.191. The van der Waals surface area contributed by atoms with Crippen LogP contribution in [0.1, 0.15) is 31.0 Å². The van der Waals surface area contributed by atoms with E-state index in [0.717, 1.165) is 5.01 Å². The van der Waals surface area contributed by atoms with Gasteiger partial charge in [-0.25, -0.2) is 5.01 Å². The van der Waals surface area contributed by atoms with Crippen LogP contribution in [0.5, 0.6) is 0 Å². The summed E-state index contributed by atoms with van der Waals surface area (Å²) in [6.45, 7) is 3.07. The molecule has 25 heavy (non-hydrogen) atoms. The van der Waals surface area contributed by atoms with Crippen LogP contribution in [-0.2, 0) is 4.79 Å². The van der Waals surface area contributed by atoms with E-state index in [1.165, 1.54) is 6.07 Å². The molecule has 0 spiro atoms. The van der Waals surface area contributed by atoms with Crippen molar-refractivity contribution in [1.82, 2.24) is 10.4 Å². The van der Waals surface area contributed by atoms with E-state index in [-0.39, 0.29) is 17.7 Å². The van der Waals surface area contributed by atoms with Gasteiger partial charge in [-0.15, -0.1) is 0 Å². The van der Waals surface area contributed by atoms with Crippen molar-refractivity contribution in [1.29, 1.82) is 5.26 Å². The molecule has 0 radical (unpaired) electrons. The molecule has 130 valence electrons. The van der Waals surface area contributed by atoms with Crippen LogP contribution in [0.3, 0.4) is 0 Å². The number of amides is 1. The highest BCUT2D eigenvalue weighted by Crippen LogP contribution is 2.42. The Hall–Kier alpha value is -2.59. The molecule has 1 N–H and O–H groups in total. The summed E-state index contributed by atoms with van der Waals surface area (Å²) in [6.07, 6.45) is -4.65. The molecule has 0 saturated carbocycles. The number of alkyl halides is 3. The Kier molecular flexibility index (Phi) is 3.96. The van der Waals surface area contributed by atoms with E-state index in [0.29, 0.717) is 10.8 Å². The Bertz CT molecular complexity index is 883. The lowest BCUT2D eigenvalue weighted by atomic mass is 9.92. The molecule has 0 aromatic heterocycles. The van der Waals surface area contributed by atoms with Gasteiger partial charge in [0.1, 0.15) is 6.07 Å². The second kappa shape index (κ2) is 5.74. The van der Waals surface area contributed by atoms with Crippen LogP contribution < -0.4 is 5.43 Å². The van der Waals surface area contributed by atoms with Crippen LogP contribution in [0.2, 0.25) is 0 Å². The molecule has 1 atom stereocenters. The molecule has 0 bridgehead atoms. The van der Waals surface area contributed by atoms with E-state index < -0.39 is 23.5 Å². The van der Waals surface area contributed by atoms with Gasteiger partial charge in [0.05, 0.1) is 11.0 Å². The van der Waals surface area contributed by atoms with Gasteiger partial charge in [0.15, 0.2) is 6.04 Å². The first-order valence-electron chi connectivity index (χ1n) is 7.71. The molecule has 0 aliphatic carbocycles. The fourth-order valence-corrected chi connectivity index (χ4v) is 3.14. The molecule has 7 heteroatoms. The van der Waals surface area contributed by atoms with Crippen LogP contribution in [0.15, 0.2) is 36.4 Å². The maximum absolute atomic E-state index is 13.9. The minimum Gasteiger partial charge on any atom is -0.287 e. The molecule has 1 amide bonds. The highest BCUT2D eigenvalue weighted by atomic mass is 19.4. The Balaban J connectivity index is 2.18. The minimum absolute atomic E-state index is 0.0284. The lowest BCUT2D eigenvalue weighted by Crippen LogP contribution is -2.44. The molecular formula is C18H16F3N3O. The molecule has 1 aliphatic heterocycles. The predicted octanol–water partition coefficient (Wildman–Crippen LogP) is 3.69. The summed E-state index contributed by atoms with van der Waals surface area (Å²) >= 11 is 0. The molecule has 1 fully saturated rings. The number of hydrogen-bond acceptors (Lipinski definition) is 3. The van der Waals surface area contributed by atoms with E-state index in [2.05, 4.69) is 5.43 Å². The van der Waals surface area contributed by atoms with Gasteiger partial charge in [0, 0.05) is 6.54 Å². The van der Waals surface area contributed by atoms with Crippen molar-refractivity contribution in [3.63, 3.8) is 0 Å². The quantitative estimate of drug-likeness (QED) is 0.901. The fourth-order valence-electron chi connectivity index (χ4n) is 3.14. The topological polar surface area (TPSA) is 56.1 Å². The summed E-state index contributed by atoms with van der Waals surface area (Å²) < 4.78 is 41.6. The highest BCUT2D eigenvalue weighted by molar-refractivity contribution is 5.89. The van der Waals surface area contributed by atoms with E-state index in [9.17, 15) is 23.2 Å². The third kappa shape index (κ3) is 2.94. The summed E-state index contributed by atoms with van der Waals surface area (Å²) in [5, 5.41) is 11.5. The van der Waals surface area contributed by atoms with Crippen molar-refractivity contribution < 1.29 is 18.0 Å². The molecule has 2 aromatic carbocycles. The van der Waals surface area contributed by atoms with E-state index in [4.69, 9.17) is 0 Å². The summed E-state index contributed by atoms with van der Waals surface area (Å²) in [5.74, 6) is -0.471. The number of halogens is 3. The third-order valence-corrected chi connectivity index (χ3v) is 4.41. The van der Waals surface area contributed by atoms with E-state index >= 15 is 0 Å². The molecule has 4 nitrogen and oxygen atoms in total. The van der Waals surface area contributed by atoms with Crippen molar-refractivity contribution in [2.45, 2.75) is 26.1 Å². The molecule has 1 aliphatic rings. The molecule has 3 rings (SSSR count). The van der Waals surface area contributed by atoms with Gasteiger partial charge in [-0.2, -0.15) is 18.4 Å². The Morgan fingerprint density at radius 2 is 1.92 bits per heavy atom. The fraction of sp³-hybridized carbons (Fsp3) is 0.333. The lowest BCUT2D eigenvalue weighted by Gasteiger charge is -2.30. The van der Waals surface area contributed by atoms with Crippen LogP contribution in [-0.4, -0.2) is 23.6 Å². The molecule has 1 unspecified atom stereocenters. The van der Waals surface area contributed by atoms with Gasteiger partial charge in [0.25, 0.3) is 0 Å². The zero-order valence-electron chi connectivity index (χ0n) is 13.7. The summed E-state index contributed by atoms with van der Waals surface area (Å²) in [5.41, 5.74) is 1.19. The van der Waals surface area contributed by atoms with Crippen molar-refractivity contribution in [2.24, 2.45) is 5.41 Å². The zero-order chi connectivity index (χ0) is 18.4. The summed E-state index contributed by atoms with van der Waals surface area (Å²) in [4.78, 5) is 12.0. The first-order chi connectivity index (χ1) is 11.6. The number of nitrogens with one attached hydrogen (secondary N) is 1. The third-order valence-electron chi connectivity index (χ3n) is 4.41. The number of fused-ring (bicyclic) bond motifs is 1. The average Bonchev–Trinajstić information content (AvgIpc) is 2.78. The summed E-state index contributed by atoms with van der Waals surface area (Å²) in [7, 11) is 0. The summed E-state index contributed by atoms with van der Waals surface area (Å²) in [6, 6.07) is 9.50.